The molecule has 2 amide bonds. The number of benzene rings is 3. The number of methoxy groups -OCH3 is 1. The van der Waals surface area contributed by atoms with E-state index in [1.165, 1.54) is 7.11 Å². The summed E-state index contributed by atoms with van der Waals surface area (Å²) in [7, 11) is 1.30. The number of alkyl carbamates (subject to hydrolysis) is 1. The summed E-state index contributed by atoms with van der Waals surface area (Å²) >= 11 is 0. The molecular formula is C31H35N5O3. The number of anilines is 1. The number of nitrogen functional groups attached to an aromatic ring is 1. The second-order valence-corrected chi connectivity index (χ2v) is 10.8. The molecule has 8 heteroatoms. The normalized spacial score (nSPS) is 17.9. The van der Waals surface area contributed by atoms with Gasteiger partial charge in [-0.3, -0.25) is 4.79 Å². The number of nitrogens with two attached hydrogens (primary N) is 1. The number of carbonyl (C=O) groups is 2. The maximum absolute atomic E-state index is 13.6. The highest BCUT2D eigenvalue weighted by Gasteiger charge is 2.45. The van der Waals surface area contributed by atoms with Crippen LogP contribution in [0.4, 0.5) is 10.5 Å². The van der Waals surface area contributed by atoms with Crippen molar-refractivity contribution < 1.29 is 14.3 Å². The van der Waals surface area contributed by atoms with Crippen LogP contribution >= 0.6 is 0 Å². The molecule has 202 valence electrons. The summed E-state index contributed by atoms with van der Waals surface area (Å²) in [5, 5.41) is 4.97. The quantitative estimate of drug-likeness (QED) is 0.280. The van der Waals surface area contributed by atoms with E-state index in [0.717, 1.165) is 57.5 Å². The lowest BCUT2D eigenvalue weighted by Gasteiger charge is -2.37. The molecule has 0 unspecified atom stereocenters. The van der Waals surface area contributed by atoms with Gasteiger partial charge in [-0.1, -0.05) is 56.3 Å². The molecule has 0 aliphatic carbocycles. The van der Waals surface area contributed by atoms with Crippen LogP contribution in [0.2, 0.25) is 0 Å². The number of ether oxygens (including phenoxy) is 1. The molecule has 0 radical (unpaired) electrons. The lowest BCUT2D eigenvalue weighted by molar-refractivity contribution is -0.138. The largest absolute Gasteiger partial charge is 0.453 e. The van der Waals surface area contributed by atoms with Crippen molar-refractivity contribution in [1.82, 2.24) is 20.2 Å². The van der Waals surface area contributed by atoms with Crippen LogP contribution in [0.25, 0.3) is 33.2 Å². The van der Waals surface area contributed by atoms with Crippen molar-refractivity contribution in [1.29, 1.82) is 0 Å². The average Bonchev–Trinajstić information content (AvgIpc) is 3.59. The van der Waals surface area contributed by atoms with Crippen molar-refractivity contribution in [2.24, 2.45) is 5.92 Å². The molecule has 1 aliphatic heterocycles. The van der Waals surface area contributed by atoms with E-state index in [2.05, 4.69) is 52.8 Å². The first-order chi connectivity index (χ1) is 18.7. The number of H-pyrrole nitrogens is 1. The SMILES string of the molecule is COC(=O)N[C@H](C(=O)N1CCC[C@@]1(C)c1ncc(-c2ccc(-c3ccc4cc(N)ccc4c3)cc2)[nH]1)C(C)C. The Labute approximate surface area is 228 Å². The van der Waals surface area contributed by atoms with Crippen LogP contribution in [0.15, 0.2) is 66.9 Å². The fourth-order valence-electron chi connectivity index (χ4n) is 5.46. The Hall–Kier alpha value is -4.33. The number of hydrogen-bond donors (Lipinski definition) is 3. The molecule has 1 fully saturated rings. The number of hydrogen-bond acceptors (Lipinski definition) is 5. The predicted molar refractivity (Wildman–Crippen MR) is 154 cm³/mol. The number of nitrogens with one attached hydrogen (secondary N) is 2. The highest BCUT2D eigenvalue weighted by atomic mass is 16.5. The van der Waals surface area contributed by atoms with Crippen molar-refractivity contribution in [2.75, 3.05) is 19.4 Å². The maximum Gasteiger partial charge on any atom is 0.407 e. The van der Waals surface area contributed by atoms with Gasteiger partial charge >= 0.3 is 6.09 Å². The number of rotatable bonds is 6. The van der Waals surface area contributed by atoms with E-state index in [-0.39, 0.29) is 11.8 Å². The van der Waals surface area contributed by atoms with Crippen LogP contribution in [-0.2, 0) is 15.1 Å². The van der Waals surface area contributed by atoms with Crippen molar-refractivity contribution in [3.63, 3.8) is 0 Å². The molecule has 4 N–H and O–H groups in total. The summed E-state index contributed by atoms with van der Waals surface area (Å²) in [5.41, 5.74) is 10.2. The van der Waals surface area contributed by atoms with E-state index in [1.807, 2.05) is 50.1 Å². The van der Waals surface area contributed by atoms with E-state index < -0.39 is 17.7 Å². The first-order valence-corrected chi connectivity index (χ1v) is 13.3. The third kappa shape index (κ3) is 5.06. The maximum atomic E-state index is 13.6. The summed E-state index contributed by atoms with van der Waals surface area (Å²) in [4.78, 5) is 35.5. The number of amides is 2. The molecule has 1 aliphatic rings. The van der Waals surface area contributed by atoms with Crippen molar-refractivity contribution >= 4 is 28.5 Å². The van der Waals surface area contributed by atoms with Crippen LogP contribution in [0, 0.1) is 5.92 Å². The first kappa shape index (κ1) is 26.3. The molecule has 4 aromatic rings. The molecule has 1 saturated heterocycles. The molecule has 0 saturated carbocycles. The molecule has 0 bridgehead atoms. The number of aromatic nitrogens is 2. The van der Waals surface area contributed by atoms with Crippen LogP contribution in [-0.4, -0.2) is 46.6 Å². The zero-order valence-corrected chi connectivity index (χ0v) is 22.8. The van der Waals surface area contributed by atoms with Gasteiger partial charge < -0.3 is 25.7 Å². The fourth-order valence-corrected chi connectivity index (χ4v) is 5.46. The summed E-state index contributed by atoms with van der Waals surface area (Å²) in [5.74, 6) is 0.519. The molecule has 2 heterocycles. The minimum atomic E-state index is -0.677. The van der Waals surface area contributed by atoms with Crippen LogP contribution in [0.5, 0.6) is 0 Å². The molecule has 1 aromatic heterocycles. The average molecular weight is 526 g/mol. The zero-order valence-electron chi connectivity index (χ0n) is 22.8. The number of imidazole rings is 1. The Balaban J connectivity index is 1.37. The summed E-state index contributed by atoms with van der Waals surface area (Å²) in [6, 6.07) is 20.0. The van der Waals surface area contributed by atoms with Crippen molar-refractivity contribution in [3.8, 4) is 22.4 Å². The predicted octanol–water partition coefficient (Wildman–Crippen LogP) is 5.70. The molecule has 2 atom stereocenters. The minimum absolute atomic E-state index is 0.0899. The van der Waals surface area contributed by atoms with Crippen LogP contribution < -0.4 is 11.1 Å². The number of likely N-dealkylation sites (tertiary alicyclic amines) is 1. The van der Waals surface area contributed by atoms with Crippen LogP contribution in [0.3, 0.4) is 0 Å². The third-order valence-corrected chi connectivity index (χ3v) is 7.78. The van der Waals surface area contributed by atoms with Gasteiger partial charge in [0, 0.05) is 12.2 Å². The lowest BCUT2D eigenvalue weighted by atomic mass is 9.95. The highest BCUT2D eigenvalue weighted by Crippen LogP contribution is 2.39. The van der Waals surface area contributed by atoms with E-state index >= 15 is 0 Å². The number of aromatic amines is 1. The first-order valence-electron chi connectivity index (χ1n) is 13.3. The van der Waals surface area contributed by atoms with Crippen molar-refractivity contribution in [3.05, 3.63) is 72.7 Å². The number of fused-ring (bicyclic) bond motifs is 1. The van der Waals surface area contributed by atoms with Gasteiger partial charge in [-0.25, -0.2) is 9.78 Å². The second-order valence-electron chi connectivity index (χ2n) is 10.8. The van der Waals surface area contributed by atoms with Crippen molar-refractivity contribution in [2.45, 2.75) is 45.2 Å². The van der Waals surface area contributed by atoms with Gasteiger partial charge in [-0.05, 0) is 71.3 Å². The Morgan fingerprint density at radius 2 is 1.69 bits per heavy atom. The van der Waals surface area contributed by atoms with Gasteiger partial charge in [0.1, 0.15) is 11.9 Å². The Morgan fingerprint density at radius 3 is 2.41 bits per heavy atom. The molecular weight excluding hydrogens is 490 g/mol. The molecule has 0 spiro atoms. The van der Waals surface area contributed by atoms with Gasteiger partial charge in [0.2, 0.25) is 5.91 Å². The fraction of sp³-hybridized carbons (Fsp3) is 0.323. The Bertz CT molecular complexity index is 1510. The van der Waals surface area contributed by atoms with Gasteiger partial charge in [0.05, 0.1) is 24.5 Å². The summed E-state index contributed by atoms with van der Waals surface area (Å²) < 4.78 is 4.75. The molecule has 3 aromatic carbocycles. The van der Waals surface area contributed by atoms with Gasteiger partial charge in [-0.2, -0.15) is 0 Å². The Kier molecular flexibility index (Phi) is 7.04. The standard InChI is InChI=1S/C31H35N5O3/c1-19(2)27(35-30(38)39-4)28(37)36-15-5-14-31(36,3)29-33-18-26(34-29)21-8-6-20(7-9-21)22-10-11-24-17-25(32)13-12-23(24)16-22/h6-13,16-19,27H,5,14-15,32H2,1-4H3,(H,33,34)(H,35,38)/t27-,31-/m0/s1. The summed E-state index contributed by atoms with van der Waals surface area (Å²) in [6.07, 6.45) is 2.85. The smallest absolute Gasteiger partial charge is 0.407 e. The van der Waals surface area contributed by atoms with E-state index in [4.69, 9.17) is 15.5 Å². The topological polar surface area (TPSA) is 113 Å². The van der Waals surface area contributed by atoms with Crippen LogP contribution in [0.1, 0.15) is 39.4 Å². The second kappa shape index (κ2) is 10.4. The van der Waals surface area contributed by atoms with E-state index in [1.54, 1.807) is 0 Å². The molecule has 8 nitrogen and oxygen atoms in total. The monoisotopic (exact) mass is 525 g/mol. The lowest BCUT2D eigenvalue weighted by Crippen LogP contribution is -2.55. The molecule has 5 rings (SSSR count). The van der Waals surface area contributed by atoms with Gasteiger partial charge in [0.15, 0.2) is 0 Å². The highest BCUT2D eigenvalue weighted by molar-refractivity contribution is 5.90. The van der Waals surface area contributed by atoms with E-state index in [0.29, 0.717) is 6.54 Å². The van der Waals surface area contributed by atoms with Gasteiger partial charge in [0.25, 0.3) is 0 Å². The molecule has 39 heavy (non-hydrogen) atoms. The Morgan fingerprint density at radius 1 is 1.03 bits per heavy atom. The third-order valence-electron chi connectivity index (χ3n) is 7.78. The minimum Gasteiger partial charge on any atom is -0.453 e. The zero-order chi connectivity index (χ0) is 27.7. The van der Waals surface area contributed by atoms with Gasteiger partial charge in [-0.15, -0.1) is 0 Å². The number of nitrogens with zero attached hydrogens (tertiary/aromatic N) is 2. The van der Waals surface area contributed by atoms with E-state index in [9.17, 15) is 9.59 Å². The number of carbonyl (C=O) groups excluding carboxylic acids is 2. The summed E-state index contributed by atoms with van der Waals surface area (Å²) in [6.45, 7) is 6.46.